The zero-order valence-corrected chi connectivity index (χ0v) is 14.9. The molecule has 138 valence electrons. The second kappa shape index (κ2) is 14.8. The summed E-state index contributed by atoms with van der Waals surface area (Å²) in [7, 11) is 0. The summed E-state index contributed by atoms with van der Waals surface area (Å²) in [5.41, 5.74) is 0. The highest BCUT2D eigenvalue weighted by Crippen LogP contribution is 2.02. The van der Waals surface area contributed by atoms with Gasteiger partial charge in [0.05, 0.1) is 45.7 Å². The van der Waals surface area contributed by atoms with Crippen LogP contribution < -0.4 is 10.6 Å². The number of alkyl halides is 1. The Hall–Kier alpha value is -0.760. The first-order valence-corrected chi connectivity index (χ1v) is 8.38. The van der Waals surface area contributed by atoms with Crippen molar-refractivity contribution in [2.75, 3.05) is 46.1 Å². The highest BCUT2D eigenvalue weighted by atomic mass is 19.1. The number of carbonyl (C=O) groups is 1. The van der Waals surface area contributed by atoms with Gasteiger partial charge in [-0.3, -0.25) is 4.79 Å². The van der Waals surface area contributed by atoms with Crippen LogP contribution in [-0.4, -0.2) is 70.3 Å². The normalized spacial score (nSPS) is 14.0. The molecule has 7 heteroatoms. The molecular formula is C16H33FN2O4. The fourth-order valence-electron chi connectivity index (χ4n) is 1.64. The molecule has 0 rings (SSSR count). The monoisotopic (exact) mass is 336 g/mol. The van der Waals surface area contributed by atoms with Crippen molar-refractivity contribution in [2.45, 2.75) is 52.4 Å². The topological polar surface area (TPSA) is 68.8 Å². The molecule has 2 N–H and O–H groups in total. The highest BCUT2D eigenvalue weighted by Gasteiger charge is 2.17. The van der Waals surface area contributed by atoms with Gasteiger partial charge in [0.1, 0.15) is 6.17 Å². The standard InChI is InChI=1S/C16H33FN2O4/c1-5-16(20)19-12-15(17)14(4)23-11-10-22-9-8-21-7-6-18-13(2)3/h13-15,18H,5-12H2,1-4H3,(H,19,20). The molecule has 6 nitrogen and oxygen atoms in total. The summed E-state index contributed by atoms with van der Waals surface area (Å²) in [5, 5.41) is 5.76. The first-order chi connectivity index (χ1) is 11.0. The second-order valence-electron chi connectivity index (χ2n) is 5.58. The number of ether oxygens (including phenoxy) is 3. The number of nitrogens with one attached hydrogen (secondary N) is 2. The van der Waals surface area contributed by atoms with E-state index in [1.807, 2.05) is 0 Å². The van der Waals surface area contributed by atoms with Crippen LogP contribution in [-0.2, 0) is 19.0 Å². The van der Waals surface area contributed by atoms with Crippen LogP contribution in [0.25, 0.3) is 0 Å². The third kappa shape index (κ3) is 14.6. The molecule has 0 saturated heterocycles. The van der Waals surface area contributed by atoms with Gasteiger partial charge in [-0.05, 0) is 6.92 Å². The number of hydrogen-bond acceptors (Lipinski definition) is 5. The summed E-state index contributed by atoms with van der Waals surface area (Å²) >= 11 is 0. The summed E-state index contributed by atoms with van der Waals surface area (Å²) in [5.74, 6) is -0.160. The molecule has 0 aliphatic heterocycles. The molecule has 2 atom stereocenters. The third-order valence-electron chi connectivity index (χ3n) is 3.10. The van der Waals surface area contributed by atoms with Crippen molar-refractivity contribution < 1.29 is 23.4 Å². The molecule has 1 amide bonds. The van der Waals surface area contributed by atoms with E-state index in [1.54, 1.807) is 13.8 Å². The van der Waals surface area contributed by atoms with Gasteiger partial charge in [0.2, 0.25) is 5.91 Å². The number of hydrogen-bond donors (Lipinski definition) is 2. The molecule has 0 aromatic rings. The van der Waals surface area contributed by atoms with E-state index in [-0.39, 0.29) is 12.5 Å². The van der Waals surface area contributed by atoms with Crippen LogP contribution in [0.15, 0.2) is 0 Å². The quantitative estimate of drug-likeness (QED) is 0.441. The lowest BCUT2D eigenvalue weighted by atomic mass is 10.2. The van der Waals surface area contributed by atoms with Gasteiger partial charge < -0.3 is 24.8 Å². The molecule has 0 heterocycles. The molecule has 0 aliphatic rings. The van der Waals surface area contributed by atoms with E-state index in [2.05, 4.69) is 24.5 Å². The number of amides is 1. The van der Waals surface area contributed by atoms with Gasteiger partial charge in [0.15, 0.2) is 0 Å². The maximum absolute atomic E-state index is 13.7. The smallest absolute Gasteiger partial charge is 0.219 e. The Balaban J connectivity index is 3.38. The maximum Gasteiger partial charge on any atom is 0.219 e. The fraction of sp³-hybridized carbons (Fsp3) is 0.938. The van der Waals surface area contributed by atoms with Crippen molar-refractivity contribution in [3.8, 4) is 0 Å². The predicted octanol–water partition coefficient (Wildman–Crippen LogP) is 1.29. The summed E-state index contributed by atoms with van der Waals surface area (Å²) in [6.07, 6.45) is -1.44. The van der Waals surface area contributed by atoms with Crippen LogP contribution in [0.4, 0.5) is 4.39 Å². The van der Waals surface area contributed by atoms with Crippen molar-refractivity contribution in [1.82, 2.24) is 10.6 Å². The van der Waals surface area contributed by atoms with E-state index in [9.17, 15) is 9.18 Å². The fourth-order valence-corrected chi connectivity index (χ4v) is 1.64. The van der Waals surface area contributed by atoms with Crippen molar-refractivity contribution in [2.24, 2.45) is 0 Å². The Labute approximate surface area is 139 Å². The van der Waals surface area contributed by atoms with Gasteiger partial charge in [0, 0.05) is 19.0 Å². The van der Waals surface area contributed by atoms with Crippen LogP contribution >= 0.6 is 0 Å². The van der Waals surface area contributed by atoms with Gasteiger partial charge in [-0.1, -0.05) is 20.8 Å². The van der Waals surface area contributed by atoms with E-state index in [0.717, 1.165) is 6.54 Å². The average Bonchev–Trinajstić information content (AvgIpc) is 2.53. The molecule has 0 aliphatic carbocycles. The summed E-state index contributed by atoms with van der Waals surface area (Å²) in [4.78, 5) is 11.0. The van der Waals surface area contributed by atoms with Gasteiger partial charge >= 0.3 is 0 Å². The average molecular weight is 336 g/mol. The van der Waals surface area contributed by atoms with Crippen molar-refractivity contribution in [3.05, 3.63) is 0 Å². The van der Waals surface area contributed by atoms with Crippen molar-refractivity contribution in [1.29, 1.82) is 0 Å². The summed E-state index contributed by atoms with van der Waals surface area (Å²) in [6.45, 7) is 10.7. The molecule has 23 heavy (non-hydrogen) atoms. The Kier molecular flexibility index (Phi) is 14.3. The van der Waals surface area contributed by atoms with Crippen LogP contribution in [0.1, 0.15) is 34.1 Å². The Morgan fingerprint density at radius 2 is 1.65 bits per heavy atom. The SMILES string of the molecule is CCC(=O)NCC(F)C(C)OCCOCCOCCNC(C)C. The Bertz CT molecular complexity index is 293. The lowest BCUT2D eigenvalue weighted by Gasteiger charge is -2.18. The first-order valence-electron chi connectivity index (χ1n) is 8.38. The van der Waals surface area contributed by atoms with Gasteiger partial charge in [-0.2, -0.15) is 0 Å². The second-order valence-corrected chi connectivity index (χ2v) is 5.58. The van der Waals surface area contributed by atoms with Crippen molar-refractivity contribution >= 4 is 5.91 Å². The Morgan fingerprint density at radius 1 is 1.04 bits per heavy atom. The van der Waals surface area contributed by atoms with E-state index in [4.69, 9.17) is 14.2 Å². The maximum atomic E-state index is 13.7. The minimum Gasteiger partial charge on any atom is -0.378 e. The first kappa shape index (κ1) is 22.2. The van der Waals surface area contributed by atoms with Crippen LogP contribution in [0.5, 0.6) is 0 Å². The van der Waals surface area contributed by atoms with E-state index in [0.29, 0.717) is 45.5 Å². The number of rotatable bonds is 15. The van der Waals surface area contributed by atoms with Crippen LogP contribution in [0.3, 0.4) is 0 Å². The van der Waals surface area contributed by atoms with Crippen LogP contribution in [0.2, 0.25) is 0 Å². The lowest BCUT2D eigenvalue weighted by Crippen LogP contribution is -2.36. The van der Waals surface area contributed by atoms with Crippen LogP contribution in [0, 0.1) is 0 Å². The molecule has 0 aromatic heterocycles. The molecule has 0 aromatic carbocycles. The molecule has 2 unspecified atom stereocenters. The van der Waals surface area contributed by atoms with E-state index in [1.165, 1.54) is 0 Å². The highest BCUT2D eigenvalue weighted by molar-refractivity contribution is 5.75. The van der Waals surface area contributed by atoms with E-state index < -0.39 is 12.3 Å². The molecular weight excluding hydrogens is 303 g/mol. The van der Waals surface area contributed by atoms with Gasteiger partial charge in [0.25, 0.3) is 0 Å². The zero-order chi connectivity index (χ0) is 17.5. The molecule has 0 spiro atoms. The summed E-state index contributed by atoms with van der Waals surface area (Å²) in [6, 6.07) is 0.462. The third-order valence-corrected chi connectivity index (χ3v) is 3.10. The number of halogens is 1. The molecule has 0 fully saturated rings. The minimum atomic E-state index is -1.22. The predicted molar refractivity (Wildman–Crippen MR) is 88.4 cm³/mol. The lowest BCUT2D eigenvalue weighted by molar-refractivity contribution is -0.121. The molecule has 0 radical (unpaired) electrons. The molecule has 0 saturated carbocycles. The van der Waals surface area contributed by atoms with Gasteiger partial charge in [-0.25, -0.2) is 4.39 Å². The van der Waals surface area contributed by atoms with Crippen molar-refractivity contribution in [3.63, 3.8) is 0 Å². The molecule has 0 bridgehead atoms. The minimum absolute atomic E-state index is 0.0209. The van der Waals surface area contributed by atoms with E-state index >= 15 is 0 Å². The number of carbonyl (C=O) groups excluding carboxylic acids is 1. The summed E-state index contributed by atoms with van der Waals surface area (Å²) < 4.78 is 29.8. The zero-order valence-electron chi connectivity index (χ0n) is 14.9. The Morgan fingerprint density at radius 3 is 2.26 bits per heavy atom. The van der Waals surface area contributed by atoms with Gasteiger partial charge in [-0.15, -0.1) is 0 Å². The largest absolute Gasteiger partial charge is 0.378 e.